The number of anilines is 2. The van der Waals surface area contributed by atoms with Crippen molar-refractivity contribution in [2.24, 2.45) is 7.05 Å². The summed E-state index contributed by atoms with van der Waals surface area (Å²) >= 11 is 0. The Kier molecular flexibility index (Phi) is 4.70. The van der Waals surface area contributed by atoms with E-state index in [9.17, 15) is 4.79 Å². The van der Waals surface area contributed by atoms with E-state index in [1.807, 2.05) is 13.1 Å². The molecule has 0 radical (unpaired) electrons. The smallest absolute Gasteiger partial charge is 0.322 e. The van der Waals surface area contributed by atoms with Crippen LogP contribution in [0, 0.1) is 0 Å². The molecule has 138 valence electrons. The maximum atomic E-state index is 12.5. The molecule has 26 heavy (non-hydrogen) atoms. The molecule has 9 nitrogen and oxygen atoms in total. The third-order valence-corrected chi connectivity index (χ3v) is 4.69. The number of carbonyl (C=O) groups is 1. The molecule has 0 unspecified atom stereocenters. The van der Waals surface area contributed by atoms with Gasteiger partial charge in [0.1, 0.15) is 6.10 Å². The van der Waals surface area contributed by atoms with Gasteiger partial charge in [-0.05, 0) is 18.9 Å². The third kappa shape index (κ3) is 3.62. The predicted octanol–water partition coefficient (Wildman–Crippen LogP) is 1.42. The van der Waals surface area contributed by atoms with Crippen LogP contribution in [0.1, 0.15) is 24.6 Å². The molecule has 2 aliphatic heterocycles. The number of rotatable bonds is 3. The zero-order chi connectivity index (χ0) is 17.9. The predicted molar refractivity (Wildman–Crippen MR) is 96.0 cm³/mol. The highest BCUT2D eigenvalue weighted by Gasteiger charge is 2.27. The van der Waals surface area contributed by atoms with E-state index in [1.165, 1.54) is 12.8 Å². The van der Waals surface area contributed by atoms with Crippen molar-refractivity contribution in [2.75, 3.05) is 43.0 Å². The summed E-state index contributed by atoms with van der Waals surface area (Å²) in [6.45, 7) is 3.48. The highest BCUT2D eigenvalue weighted by atomic mass is 16.5. The summed E-state index contributed by atoms with van der Waals surface area (Å²) in [4.78, 5) is 25.5. The summed E-state index contributed by atoms with van der Waals surface area (Å²) in [5, 5.41) is 6.93. The van der Waals surface area contributed by atoms with Crippen molar-refractivity contribution in [1.82, 2.24) is 24.6 Å². The lowest BCUT2D eigenvalue weighted by atomic mass is 10.2. The third-order valence-electron chi connectivity index (χ3n) is 4.69. The van der Waals surface area contributed by atoms with E-state index in [0.717, 1.165) is 24.7 Å². The number of hydrogen-bond donors (Lipinski definition) is 1. The fraction of sp³-hybridized carbons (Fsp3) is 0.529. The van der Waals surface area contributed by atoms with E-state index < -0.39 is 0 Å². The lowest BCUT2D eigenvalue weighted by molar-refractivity contribution is -0.0157. The Morgan fingerprint density at radius 2 is 2.15 bits per heavy atom. The molecule has 2 aromatic rings. The van der Waals surface area contributed by atoms with Crippen molar-refractivity contribution in [3.05, 3.63) is 30.4 Å². The molecule has 4 heterocycles. The fourth-order valence-electron chi connectivity index (χ4n) is 3.31. The van der Waals surface area contributed by atoms with Crippen LogP contribution < -0.4 is 10.2 Å². The van der Waals surface area contributed by atoms with Gasteiger partial charge >= 0.3 is 6.03 Å². The largest absolute Gasteiger partial charge is 0.368 e. The first-order valence-corrected chi connectivity index (χ1v) is 8.93. The molecule has 0 bridgehead atoms. The molecule has 2 aromatic heterocycles. The Hall–Kier alpha value is -2.68. The van der Waals surface area contributed by atoms with Crippen molar-refractivity contribution in [3.8, 4) is 0 Å². The van der Waals surface area contributed by atoms with Crippen LogP contribution in [-0.2, 0) is 11.8 Å². The van der Waals surface area contributed by atoms with Gasteiger partial charge in [-0.2, -0.15) is 5.10 Å². The zero-order valence-corrected chi connectivity index (χ0v) is 14.8. The first kappa shape index (κ1) is 16.8. The first-order chi connectivity index (χ1) is 12.7. The number of urea groups is 1. The highest BCUT2D eigenvalue weighted by molar-refractivity contribution is 5.89. The van der Waals surface area contributed by atoms with E-state index in [2.05, 4.69) is 25.3 Å². The molecule has 1 N–H and O–H groups in total. The molecular formula is C17H23N7O2. The average molecular weight is 357 g/mol. The van der Waals surface area contributed by atoms with Crippen LogP contribution in [-0.4, -0.2) is 63.5 Å². The summed E-state index contributed by atoms with van der Waals surface area (Å²) in [5.41, 5.74) is 1.50. The van der Waals surface area contributed by atoms with Crippen LogP contribution in [0.4, 0.5) is 16.4 Å². The number of nitrogens with one attached hydrogen (secondary N) is 1. The highest BCUT2D eigenvalue weighted by Crippen LogP contribution is 2.23. The molecule has 2 amide bonds. The number of aryl methyl sites for hydroxylation is 1. The number of carbonyl (C=O) groups excluding carboxylic acids is 1. The molecule has 2 aliphatic rings. The molecule has 0 aliphatic carbocycles. The van der Waals surface area contributed by atoms with Gasteiger partial charge in [0.05, 0.1) is 30.7 Å². The van der Waals surface area contributed by atoms with Crippen molar-refractivity contribution in [3.63, 3.8) is 0 Å². The van der Waals surface area contributed by atoms with Gasteiger partial charge in [-0.25, -0.2) is 14.8 Å². The fourth-order valence-corrected chi connectivity index (χ4v) is 3.31. The zero-order valence-electron chi connectivity index (χ0n) is 14.8. The van der Waals surface area contributed by atoms with Crippen LogP contribution in [0.25, 0.3) is 0 Å². The van der Waals surface area contributed by atoms with Gasteiger partial charge in [0.25, 0.3) is 0 Å². The minimum atomic E-state index is -0.243. The van der Waals surface area contributed by atoms with Crippen molar-refractivity contribution in [2.45, 2.75) is 18.9 Å². The van der Waals surface area contributed by atoms with Crippen molar-refractivity contribution in [1.29, 1.82) is 0 Å². The summed E-state index contributed by atoms with van der Waals surface area (Å²) in [7, 11) is 1.81. The van der Waals surface area contributed by atoms with Gasteiger partial charge in [0, 0.05) is 39.1 Å². The van der Waals surface area contributed by atoms with Crippen LogP contribution in [0.2, 0.25) is 0 Å². The van der Waals surface area contributed by atoms with Gasteiger partial charge in [-0.3, -0.25) is 4.68 Å². The average Bonchev–Trinajstić information content (AvgIpc) is 3.34. The van der Waals surface area contributed by atoms with Gasteiger partial charge in [-0.15, -0.1) is 0 Å². The molecule has 1 atom stereocenters. The second kappa shape index (κ2) is 7.28. The van der Waals surface area contributed by atoms with E-state index in [0.29, 0.717) is 25.4 Å². The Labute approximate surface area is 152 Å². The lowest BCUT2D eigenvalue weighted by Gasteiger charge is -2.32. The lowest BCUT2D eigenvalue weighted by Crippen LogP contribution is -2.44. The number of aromatic nitrogens is 4. The number of ether oxygens (including phenoxy) is 1. The topological polar surface area (TPSA) is 88.4 Å². The van der Waals surface area contributed by atoms with Gasteiger partial charge < -0.3 is 19.9 Å². The summed E-state index contributed by atoms with van der Waals surface area (Å²) in [6, 6.07) is 1.72. The standard InChI is InChI=1S/C17H23N7O2/c1-22-11-13(10-19-22)20-17(25)24-8-9-26-15(12-24)14-4-5-18-16(21-14)23-6-2-3-7-23/h4-5,10-11,15H,2-3,6-9,12H2,1H3,(H,20,25)/t15-/m1/s1. The number of amides is 2. The first-order valence-electron chi connectivity index (χ1n) is 8.93. The second-order valence-electron chi connectivity index (χ2n) is 6.61. The van der Waals surface area contributed by atoms with E-state index in [4.69, 9.17) is 4.74 Å². The number of hydrogen-bond acceptors (Lipinski definition) is 6. The van der Waals surface area contributed by atoms with Crippen LogP contribution >= 0.6 is 0 Å². The Morgan fingerprint density at radius 1 is 1.31 bits per heavy atom. The van der Waals surface area contributed by atoms with E-state index >= 15 is 0 Å². The summed E-state index contributed by atoms with van der Waals surface area (Å²) < 4.78 is 7.52. The van der Waals surface area contributed by atoms with Gasteiger partial charge in [-0.1, -0.05) is 0 Å². The van der Waals surface area contributed by atoms with E-state index in [-0.39, 0.29) is 12.1 Å². The van der Waals surface area contributed by atoms with Gasteiger partial charge in [0.15, 0.2) is 0 Å². The Balaban J connectivity index is 1.43. The second-order valence-corrected chi connectivity index (χ2v) is 6.61. The normalized spacial score (nSPS) is 20.4. The Bertz CT molecular complexity index is 772. The van der Waals surface area contributed by atoms with Crippen molar-refractivity contribution >= 4 is 17.7 Å². The molecule has 4 rings (SSSR count). The summed E-state index contributed by atoms with van der Waals surface area (Å²) in [6.07, 6.45) is 7.28. The van der Waals surface area contributed by atoms with Crippen LogP contribution in [0.15, 0.2) is 24.7 Å². The molecular weight excluding hydrogens is 334 g/mol. The van der Waals surface area contributed by atoms with E-state index in [1.54, 1.807) is 28.2 Å². The summed E-state index contributed by atoms with van der Waals surface area (Å²) in [5.74, 6) is 0.750. The SMILES string of the molecule is Cn1cc(NC(=O)N2CCO[C@@H](c3ccnc(N4CCCC4)n3)C2)cn1. The van der Waals surface area contributed by atoms with Crippen LogP contribution in [0.3, 0.4) is 0 Å². The molecule has 0 spiro atoms. The minimum absolute atomic E-state index is 0.153. The maximum absolute atomic E-state index is 12.5. The Morgan fingerprint density at radius 3 is 2.92 bits per heavy atom. The quantitative estimate of drug-likeness (QED) is 0.894. The molecule has 2 fully saturated rings. The number of nitrogens with zero attached hydrogens (tertiary/aromatic N) is 6. The molecule has 0 saturated carbocycles. The maximum Gasteiger partial charge on any atom is 0.322 e. The molecule has 2 saturated heterocycles. The number of morpholine rings is 1. The minimum Gasteiger partial charge on any atom is -0.368 e. The van der Waals surface area contributed by atoms with Crippen molar-refractivity contribution < 1.29 is 9.53 Å². The van der Waals surface area contributed by atoms with Gasteiger partial charge in [0.2, 0.25) is 5.95 Å². The molecule has 9 heteroatoms. The van der Waals surface area contributed by atoms with Crippen LogP contribution in [0.5, 0.6) is 0 Å². The monoisotopic (exact) mass is 357 g/mol. The molecule has 0 aromatic carbocycles.